The normalized spacial score (nSPS) is 16.8. The van der Waals surface area contributed by atoms with Crippen LogP contribution < -0.4 is 10.1 Å². The van der Waals surface area contributed by atoms with Gasteiger partial charge in [-0.1, -0.05) is 12.1 Å². The van der Waals surface area contributed by atoms with Crippen molar-refractivity contribution in [3.8, 4) is 5.75 Å². The van der Waals surface area contributed by atoms with Gasteiger partial charge in [0, 0.05) is 26.3 Å². The minimum Gasteiger partial charge on any atom is -0.497 e. The van der Waals surface area contributed by atoms with Gasteiger partial charge in [-0.2, -0.15) is 4.31 Å². The summed E-state index contributed by atoms with van der Waals surface area (Å²) < 4.78 is 39.1. The standard InChI is InChI=1S/C21H27N3O6S/c1-4-30-21(26)19-12-17(14-23(19)2)31(27,28)24-11-5-6-18(24)20(25)22-13-15-7-9-16(29-3)10-8-15/h7-10,12,14,18H,4-6,11,13H2,1-3H3,(H,22,25)/t18-/m0/s1. The van der Waals surface area contributed by atoms with Gasteiger partial charge in [0.1, 0.15) is 22.4 Å². The van der Waals surface area contributed by atoms with Gasteiger partial charge in [-0.15, -0.1) is 0 Å². The van der Waals surface area contributed by atoms with Crippen molar-refractivity contribution < 1.29 is 27.5 Å². The fraction of sp³-hybridized carbons (Fsp3) is 0.429. The Kier molecular flexibility index (Phi) is 7.01. The van der Waals surface area contributed by atoms with Crippen LogP contribution in [0.5, 0.6) is 5.75 Å². The third kappa shape index (κ3) is 4.91. The van der Waals surface area contributed by atoms with Crippen molar-refractivity contribution in [2.24, 2.45) is 7.05 Å². The summed E-state index contributed by atoms with van der Waals surface area (Å²) in [6, 6.07) is 7.76. The van der Waals surface area contributed by atoms with Crippen LogP contribution in [0.3, 0.4) is 0 Å². The van der Waals surface area contributed by atoms with Gasteiger partial charge >= 0.3 is 5.97 Å². The molecule has 1 aromatic carbocycles. The number of carbonyl (C=O) groups excluding carboxylic acids is 2. The van der Waals surface area contributed by atoms with E-state index in [2.05, 4.69) is 5.32 Å². The van der Waals surface area contributed by atoms with Gasteiger partial charge in [-0.3, -0.25) is 4.79 Å². The van der Waals surface area contributed by atoms with E-state index in [1.807, 2.05) is 12.1 Å². The Morgan fingerprint density at radius 1 is 1.23 bits per heavy atom. The van der Waals surface area contributed by atoms with Gasteiger partial charge in [0.2, 0.25) is 15.9 Å². The summed E-state index contributed by atoms with van der Waals surface area (Å²) >= 11 is 0. The molecule has 1 saturated heterocycles. The molecule has 1 aromatic heterocycles. The Balaban J connectivity index is 1.73. The molecule has 31 heavy (non-hydrogen) atoms. The zero-order valence-electron chi connectivity index (χ0n) is 17.8. The third-order valence-corrected chi connectivity index (χ3v) is 7.08. The summed E-state index contributed by atoms with van der Waals surface area (Å²) in [6.07, 6.45) is 2.38. The quantitative estimate of drug-likeness (QED) is 0.615. The number of aryl methyl sites for hydroxylation is 1. The maximum atomic E-state index is 13.2. The first-order valence-corrected chi connectivity index (χ1v) is 11.5. The zero-order valence-corrected chi connectivity index (χ0v) is 18.6. The molecule has 1 atom stereocenters. The molecular weight excluding hydrogens is 422 g/mol. The largest absolute Gasteiger partial charge is 0.497 e. The molecule has 3 rings (SSSR count). The van der Waals surface area contributed by atoms with Crippen LogP contribution in [0.1, 0.15) is 35.8 Å². The Morgan fingerprint density at radius 3 is 2.58 bits per heavy atom. The van der Waals surface area contributed by atoms with E-state index in [0.29, 0.717) is 18.6 Å². The molecule has 10 heteroatoms. The number of aromatic nitrogens is 1. The molecule has 0 bridgehead atoms. The first kappa shape index (κ1) is 22.8. The summed E-state index contributed by atoms with van der Waals surface area (Å²) in [5.41, 5.74) is 1.02. The molecule has 1 aliphatic rings. The van der Waals surface area contributed by atoms with Crippen molar-refractivity contribution in [2.45, 2.75) is 37.2 Å². The van der Waals surface area contributed by atoms with E-state index in [-0.39, 0.29) is 36.2 Å². The predicted molar refractivity (Wildman–Crippen MR) is 113 cm³/mol. The Hall–Kier alpha value is -2.85. The number of nitrogens with one attached hydrogen (secondary N) is 1. The number of benzene rings is 1. The molecule has 0 unspecified atom stereocenters. The second-order valence-electron chi connectivity index (χ2n) is 7.23. The maximum absolute atomic E-state index is 13.2. The lowest BCUT2D eigenvalue weighted by Crippen LogP contribution is -2.45. The topological polar surface area (TPSA) is 107 Å². The number of rotatable bonds is 8. The average Bonchev–Trinajstić information content (AvgIpc) is 3.40. The molecular formula is C21H27N3O6S. The predicted octanol–water partition coefficient (Wildman–Crippen LogP) is 1.68. The Morgan fingerprint density at radius 2 is 1.94 bits per heavy atom. The first-order valence-electron chi connectivity index (χ1n) is 10.0. The SMILES string of the molecule is CCOC(=O)c1cc(S(=O)(=O)N2CCC[C@H]2C(=O)NCc2ccc(OC)cc2)cn1C. The maximum Gasteiger partial charge on any atom is 0.354 e. The number of carbonyl (C=O) groups is 2. The number of nitrogens with zero attached hydrogens (tertiary/aromatic N) is 2. The second-order valence-corrected chi connectivity index (χ2v) is 9.12. The van der Waals surface area contributed by atoms with Gasteiger partial charge in [0.25, 0.3) is 0 Å². The summed E-state index contributed by atoms with van der Waals surface area (Å²) in [4.78, 5) is 24.8. The van der Waals surface area contributed by atoms with E-state index in [4.69, 9.17) is 9.47 Å². The Labute approximate surface area is 182 Å². The highest BCUT2D eigenvalue weighted by Gasteiger charge is 2.40. The van der Waals surface area contributed by atoms with Gasteiger partial charge in [-0.05, 0) is 43.5 Å². The molecule has 9 nitrogen and oxygen atoms in total. The minimum atomic E-state index is -3.95. The number of amides is 1. The molecule has 0 aliphatic carbocycles. The number of esters is 1. The van der Waals surface area contributed by atoms with Crippen LogP contribution in [-0.2, 0) is 33.1 Å². The minimum absolute atomic E-state index is 0.0343. The second kappa shape index (κ2) is 9.52. The number of methoxy groups -OCH3 is 1. The molecule has 1 aliphatic heterocycles. The van der Waals surface area contributed by atoms with Crippen LogP contribution in [0.4, 0.5) is 0 Å². The van der Waals surface area contributed by atoms with Crippen molar-refractivity contribution in [2.75, 3.05) is 20.3 Å². The van der Waals surface area contributed by atoms with Crippen LogP contribution in [0.25, 0.3) is 0 Å². The monoisotopic (exact) mass is 449 g/mol. The first-order chi connectivity index (χ1) is 14.8. The highest BCUT2D eigenvalue weighted by molar-refractivity contribution is 7.89. The molecule has 168 valence electrons. The molecule has 2 aromatic rings. The molecule has 2 heterocycles. The van der Waals surface area contributed by atoms with E-state index >= 15 is 0 Å². The molecule has 0 spiro atoms. The van der Waals surface area contributed by atoms with Crippen molar-refractivity contribution in [1.82, 2.24) is 14.2 Å². The van der Waals surface area contributed by atoms with Crippen molar-refractivity contribution in [3.05, 3.63) is 47.8 Å². The van der Waals surface area contributed by atoms with Gasteiger partial charge in [0.05, 0.1) is 13.7 Å². The number of ether oxygens (including phenoxy) is 2. The molecule has 0 saturated carbocycles. The fourth-order valence-corrected chi connectivity index (χ4v) is 5.29. The number of hydrogen-bond donors (Lipinski definition) is 1. The number of hydrogen-bond acceptors (Lipinski definition) is 6. The lowest BCUT2D eigenvalue weighted by atomic mass is 10.2. The lowest BCUT2D eigenvalue weighted by Gasteiger charge is -2.23. The van der Waals surface area contributed by atoms with Crippen LogP contribution in [-0.4, -0.2) is 55.5 Å². The van der Waals surface area contributed by atoms with E-state index in [9.17, 15) is 18.0 Å². The van der Waals surface area contributed by atoms with Crippen molar-refractivity contribution in [1.29, 1.82) is 0 Å². The lowest BCUT2D eigenvalue weighted by molar-refractivity contribution is -0.124. The summed E-state index contributed by atoms with van der Waals surface area (Å²) in [5, 5.41) is 2.82. The summed E-state index contributed by atoms with van der Waals surface area (Å²) in [5.74, 6) is -0.228. The Bertz CT molecular complexity index is 1050. The van der Waals surface area contributed by atoms with Gasteiger partial charge in [-0.25, -0.2) is 13.2 Å². The molecule has 1 amide bonds. The van der Waals surface area contributed by atoms with Gasteiger partial charge < -0.3 is 19.4 Å². The summed E-state index contributed by atoms with van der Waals surface area (Å²) in [6.45, 7) is 2.39. The summed E-state index contributed by atoms with van der Waals surface area (Å²) in [7, 11) is -0.792. The van der Waals surface area contributed by atoms with Gasteiger partial charge in [0.15, 0.2) is 0 Å². The average molecular weight is 450 g/mol. The van der Waals surface area contributed by atoms with Crippen molar-refractivity contribution >= 4 is 21.9 Å². The van der Waals surface area contributed by atoms with E-state index < -0.39 is 22.0 Å². The van der Waals surface area contributed by atoms with Crippen LogP contribution >= 0.6 is 0 Å². The van der Waals surface area contributed by atoms with Crippen LogP contribution in [0.15, 0.2) is 41.4 Å². The van der Waals surface area contributed by atoms with E-state index in [1.54, 1.807) is 33.2 Å². The third-order valence-electron chi connectivity index (χ3n) is 5.20. The van der Waals surface area contributed by atoms with Crippen LogP contribution in [0, 0.1) is 0 Å². The van der Waals surface area contributed by atoms with Crippen LogP contribution in [0.2, 0.25) is 0 Å². The zero-order chi connectivity index (χ0) is 22.6. The molecule has 0 radical (unpaired) electrons. The van der Waals surface area contributed by atoms with E-state index in [0.717, 1.165) is 5.56 Å². The molecule has 1 N–H and O–H groups in total. The fourth-order valence-electron chi connectivity index (χ4n) is 3.56. The van der Waals surface area contributed by atoms with E-state index in [1.165, 1.54) is 21.1 Å². The smallest absolute Gasteiger partial charge is 0.354 e. The van der Waals surface area contributed by atoms with Crippen molar-refractivity contribution in [3.63, 3.8) is 0 Å². The highest BCUT2D eigenvalue weighted by atomic mass is 32.2. The highest BCUT2D eigenvalue weighted by Crippen LogP contribution is 2.27. The number of sulfonamides is 1. The molecule has 1 fully saturated rings.